The molecule has 0 spiro atoms. The van der Waals surface area contributed by atoms with Crippen molar-refractivity contribution in [1.29, 1.82) is 0 Å². The topological polar surface area (TPSA) is 88.6 Å². The SMILES string of the molecule is CCCCCCCCCCCOC(=O)C(C)(C)CCCCN(CCCCCCC(C)(C)C(=O)OC(CCCCCCCC)CCCCCCCC)CCN1CCN(C(=O)OC(C)(C)C)CC1. The minimum atomic E-state index is -0.484. The molecule has 0 aromatic carbocycles. The Morgan fingerprint density at radius 3 is 1.39 bits per heavy atom. The number of carbonyl (C=O) groups is 3. The summed E-state index contributed by atoms with van der Waals surface area (Å²) in [6.07, 6.45) is 36.5. The molecular weight excluding hydrogens is 823 g/mol. The summed E-state index contributed by atoms with van der Waals surface area (Å²) >= 11 is 0. The zero-order valence-electron chi connectivity index (χ0n) is 45.7. The van der Waals surface area contributed by atoms with E-state index in [4.69, 9.17) is 14.2 Å². The average Bonchev–Trinajstić information content (AvgIpc) is 3.27. The Balaban J connectivity index is 2.63. The van der Waals surface area contributed by atoms with Crippen LogP contribution in [0.4, 0.5) is 4.79 Å². The Morgan fingerprint density at radius 1 is 0.485 bits per heavy atom. The van der Waals surface area contributed by atoms with Gasteiger partial charge in [0.25, 0.3) is 0 Å². The lowest BCUT2D eigenvalue weighted by Gasteiger charge is -2.36. The maximum absolute atomic E-state index is 13.6. The van der Waals surface area contributed by atoms with E-state index in [-0.39, 0.29) is 24.1 Å². The number of unbranched alkanes of at least 4 members (excludes halogenated alkanes) is 22. The Bertz CT molecular complexity index is 1180. The van der Waals surface area contributed by atoms with E-state index >= 15 is 0 Å². The monoisotopic (exact) mass is 934 g/mol. The molecule has 1 aliphatic heterocycles. The van der Waals surface area contributed by atoms with Crippen molar-refractivity contribution in [3.8, 4) is 0 Å². The van der Waals surface area contributed by atoms with E-state index in [0.29, 0.717) is 19.7 Å². The predicted molar refractivity (Wildman–Crippen MR) is 279 cm³/mol. The summed E-state index contributed by atoms with van der Waals surface area (Å²) in [6, 6.07) is 0. The Morgan fingerprint density at radius 2 is 0.894 bits per heavy atom. The van der Waals surface area contributed by atoms with Gasteiger partial charge in [0.15, 0.2) is 0 Å². The molecule has 0 bridgehead atoms. The van der Waals surface area contributed by atoms with Crippen LogP contribution in [-0.4, -0.2) is 103 Å². The molecule has 66 heavy (non-hydrogen) atoms. The van der Waals surface area contributed by atoms with Crippen LogP contribution in [0, 0.1) is 10.8 Å². The van der Waals surface area contributed by atoms with Crippen molar-refractivity contribution in [2.45, 2.75) is 280 Å². The highest BCUT2D eigenvalue weighted by molar-refractivity contribution is 5.76. The molecule has 0 aromatic rings. The van der Waals surface area contributed by atoms with Gasteiger partial charge in [-0.2, -0.15) is 0 Å². The summed E-state index contributed by atoms with van der Waals surface area (Å²) in [5.74, 6) is -0.0557. The molecule has 1 amide bonds. The molecular formula is C57H111N3O6. The fourth-order valence-corrected chi connectivity index (χ4v) is 9.11. The maximum atomic E-state index is 13.6. The first-order valence-electron chi connectivity index (χ1n) is 28.4. The van der Waals surface area contributed by atoms with Gasteiger partial charge < -0.3 is 24.0 Å². The number of rotatable bonds is 42. The van der Waals surface area contributed by atoms with Crippen LogP contribution < -0.4 is 0 Å². The summed E-state index contributed by atoms with van der Waals surface area (Å²) in [7, 11) is 0. The Hall–Kier alpha value is -1.87. The summed E-state index contributed by atoms with van der Waals surface area (Å²) in [6.45, 7) is 28.5. The first-order valence-corrected chi connectivity index (χ1v) is 28.4. The van der Waals surface area contributed by atoms with E-state index in [9.17, 15) is 14.4 Å². The molecule has 9 heteroatoms. The fourth-order valence-electron chi connectivity index (χ4n) is 9.11. The lowest BCUT2D eigenvalue weighted by Crippen LogP contribution is -2.51. The van der Waals surface area contributed by atoms with Gasteiger partial charge in [-0.25, -0.2) is 4.79 Å². The Labute approximate surface area is 409 Å². The van der Waals surface area contributed by atoms with Gasteiger partial charge in [0, 0.05) is 39.3 Å². The Kier molecular flexibility index (Phi) is 35.7. The highest BCUT2D eigenvalue weighted by Crippen LogP contribution is 2.29. The molecule has 1 fully saturated rings. The van der Waals surface area contributed by atoms with E-state index in [1.165, 1.54) is 109 Å². The van der Waals surface area contributed by atoms with Crippen LogP contribution in [0.15, 0.2) is 0 Å². The number of piperazine rings is 1. The second kappa shape index (κ2) is 38.0. The molecule has 9 nitrogen and oxygen atoms in total. The fraction of sp³-hybridized carbons (Fsp3) is 0.947. The zero-order valence-corrected chi connectivity index (χ0v) is 45.7. The van der Waals surface area contributed by atoms with Crippen molar-refractivity contribution in [1.82, 2.24) is 14.7 Å². The highest BCUT2D eigenvalue weighted by Gasteiger charge is 2.32. The number of nitrogens with zero attached hydrogens (tertiary/aromatic N) is 3. The van der Waals surface area contributed by atoms with Crippen LogP contribution in [0.25, 0.3) is 0 Å². The van der Waals surface area contributed by atoms with E-state index < -0.39 is 16.4 Å². The van der Waals surface area contributed by atoms with Crippen molar-refractivity contribution >= 4 is 18.0 Å². The molecule has 1 rings (SSSR count). The van der Waals surface area contributed by atoms with Gasteiger partial charge in [0.2, 0.25) is 0 Å². The van der Waals surface area contributed by atoms with Crippen LogP contribution >= 0.6 is 0 Å². The van der Waals surface area contributed by atoms with Gasteiger partial charge in [-0.05, 0) is 119 Å². The highest BCUT2D eigenvalue weighted by atomic mass is 16.6. The minimum Gasteiger partial charge on any atom is -0.465 e. The first-order chi connectivity index (χ1) is 31.5. The first kappa shape index (κ1) is 62.1. The standard InChI is InChI=1S/C57H111N3O6/c1-11-14-17-20-23-24-25-30-37-50-64-52(61)56(7,8)41-34-36-43-58(44-45-59-46-48-60(49-47-59)54(63)66-55(4,5)6)42-35-29-28-33-40-57(9,10)53(62)65-51(38-31-26-21-18-15-12-2)39-32-27-22-19-16-13-3/h51H,11-50H2,1-10H3. The van der Waals surface area contributed by atoms with Crippen molar-refractivity contribution in [3.05, 3.63) is 0 Å². The average molecular weight is 935 g/mol. The smallest absolute Gasteiger partial charge is 0.410 e. The summed E-state index contributed by atoms with van der Waals surface area (Å²) in [4.78, 5) is 46.3. The summed E-state index contributed by atoms with van der Waals surface area (Å²) in [5.41, 5.74) is -1.42. The van der Waals surface area contributed by atoms with Gasteiger partial charge in [0.1, 0.15) is 11.7 Å². The van der Waals surface area contributed by atoms with E-state index in [1.807, 2.05) is 39.5 Å². The van der Waals surface area contributed by atoms with Crippen LogP contribution in [0.1, 0.15) is 268 Å². The lowest BCUT2D eigenvalue weighted by molar-refractivity contribution is -0.161. The molecule has 0 aromatic heterocycles. The minimum absolute atomic E-state index is 0.00203. The van der Waals surface area contributed by atoms with Crippen molar-refractivity contribution < 1.29 is 28.6 Å². The molecule has 0 radical (unpaired) electrons. The number of hydrogen-bond donors (Lipinski definition) is 0. The number of ether oxygens (including phenoxy) is 3. The van der Waals surface area contributed by atoms with Gasteiger partial charge in [0.05, 0.1) is 17.4 Å². The molecule has 390 valence electrons. The van der Waals surface area contributed by atoms with Crippen molar-refractivity contribution in [2.75, 3.05) is 59.0 Å². The van der Waals surface area contributed by atoms with Gasteiger partial charge in [-0.3, -0.25) is 14.5 Å². The van der Waals surface area contributed by atoms with Crippen LogP contribution in [-0.2, 0) is 23.8 Å². The third-order valence-corrected chi connectivity index (χ3v) is 13.9. The molecule has 0 atom stereocenters. The summed E-state index contributed by atoms with van der Waals surface area (Å²) < 4.78 is 17.7. The zero-order chi connectivity index (χ0) is 48.9. The molecule has 0 saturated carbocycles. The van der Waals surface area contributed by atoms with Crippen LogP contribution in [0.5, 0.6) is 0 Å². The molecule has 1 aliphatic rings. The van der Waals surface area contributed by atoms with Gasteiger partial charge >= 0.3 is 18.0 Å². The molecule has 1 saturated heterocycles. The van der Waals surface area contributed by atoms with Gasteiger partial charge in [-0.15, -0.1) is 0 Å². The molecule has 0 aliphatic carbocycles. The number of esters is 2. The summed E-state index contributed by atoms with van der Waals surface area (Å²) in [5, 5.41) is 0. The van der Waals surface area contributed by atoms with E-state index in [1.54, 1.807) is 0 Å². The van der Waals surface area contributed by atoms with E-state index in [0.717, 1.165) is 129 Å². The largest absolute Gasteiger partial charge is 0.465 e. The van der Waals surface area contributed by atoms with Gasteiger partial charge in [-0.1, -0.05) is 162 Å². The van der Waals surface area contributed by atoms with E-state index in [2.05, 4.69) is 44.4 Å². The second-order valence-electron chi connectivity index (χ2n) is 22.6. The predicted octanol–water partition coefficient (Wildman–Crippen LogP) is 15.5. The lowest BCUT2D eigenvalue weighted by atomic mass is 9.86. The third kappa shape index (κ3) is 32.8. The number of amides is 1. The maximum Gasteiger partial charge on any atom is 0.410 e. The van der Waals surface area contributed by atoms with Crippen molar-refractivity contribution in [3.63, 3.8) is 0 Å². The molecule has 1 heterocycles. The van der Waals surface area contributed by atoms with Crippen LogP contribution in [0.3, 0.4) is 0 Å². The number of carbonyl (C=O) groups excluding carboxylic acids is 3. The normalized spacial score (nSPS) is 14.1. The molecule has 0 N–H and O–H groups in total. The second-order valence-corrected chi connectivity index (χ2v) is 22.6. The van der Waals surface area contributed by atoms with Crippen LogP contribution in [0.2, 0.25) is 0 Å². The van der Waals surface area contributed by atoms with Crippen molar-refractivity contribution in [2.24, 2.45) is 10.8 Å². The number of hydrogen-bond acceptors (Lipinski definition) is 8. The third-order valence-electron chi connectivity index (χ3n) is 13.9. The quantitative estimate of drug-likeness (QED) is 0.0340. The molecule has 0 unspecified atom stereocenters.